The Balaban J connectivity index is 1.39. The number of rotatable bonds is 7. The first-order valence-electron chi connectivity index (χ1n) is 13.4. The summed E-state index contributed by atoms with van der Waals surface area (Å²) >= 11 is 0. The van der Waals surface area contributed by atoms with Crippen LogP contribution in [0.15, 0.2) is 18.2 Å². The lowest BCUT2D eigenvalue weighted by Gasteiger charge is -2.33. The minimum Gasteiger partial charge on any atom is -0.344 e. The van der Waals surface area contributed by atoms with Crippen LogP contribution in [0.25, 0.3) is 0 Å². The van der Waals surface area contributed by atoms with E-state index in [1.165, 1.54) is 23.1 Å². The maximum Gasteiger partial charge on any atom is 0.246 e. The molecule has 4 atom stereocenters. The highest BCUT2D eigenvalue weighted by Crippen LogP contribution is 2.47. The highest BCUT2D eigenvalue weighted by molar-refractivity contribution is 6.07. The summed E-state index contributed by atoms with van der Waals surface area (Å²) in [4.78, 5) is 54.4. The van der Waals surface area contributed by atoms with Crippen molar-refractivity contribution < 1.29 is 23.6 Å². The smallest absolute Gasteiger partial charge is 0.246 e. The molecule has 4 amide bonds. The molecule has 0 bridgehead atoms. The quantitative estimate of drug-likeness (QED) is 0.505. The predicted molar refractivity (Wildman–Crippen MR) is 136 cm³/mol. The first-order valence-corrected chi connectivity index (χ1v) is 13.4. The average Bonchev–Trinajstić information content (AvgIpc) is 3.79. The van der Waals surface area contributed by atoms with E-state index in [0.29, 0.717) is 17.7 Å². The molecular weight excluding hydrogens is 489 g/mol. The number of hydrogen-bond acceptors (Lipinski definition) is 5. The number of anilines is 1. The lowest BCUT2D eigenvalue weighted by molar-refractivity contribution is -0.139. The lowest BCUT2D eigenvalue weighted by atomic mass is 9.79. The fourth-order valence-electron chi connectivity index (χ4n) is 5.64. The van der Waals surface area contributed by atoms with Gasteiger partial charge in [-0.3, -0.25) is 19.2 Å². The van der Waals surface area contributed by atoms with Gasteiger partial charge in [-0.15, -0.1) is 0 Å². The number of nitrogens with zero attached hydrogens (tertiary/aromatic N) is 2. The van der Waals surface area contributed by atoms with Gasteiger partial charge in [-0.1, -0.05) is 33.6 Å². The molecule has 0 radical (unpaired) electrons. The molecule has 5 rings (SSSR count). The Morgan fingerprint density at radius 1 is 1.21 bits per heavy atom. The number of carbonyl (C=O) groups is 4. The summed E-state index contributed by atoms with van der Waals surface area (Å²) in [6, 6.07) is 3.53. The third kappa shape index (κ3) is 4.86. The molecule has 202 valence electrons. The minimum atomic E-state index is -1.23. The van der Waals surface area contributed by atoms with E-state index >= 15 is 0 Å². The van der Waals surface area contributed by atoms with E-state index < -0.39 is 46.6 Å². The van der Waals surface area contributed by atoms with Crippen molar-refractivity contribution in [2.24, 2.45) is 17.3 Å². The van der Waals surface area contributed by atoms with Gasteiger partial charge >= 0.3 is 0 Å². The summed E-state index contributed by atoms with van der Waals surface area (Å²) < 4.78 is 14.1. The van der Waals surface area contributed by atoms with Crippen molar-refractivity contribution >= 4 is 29.3 Å². The molecule has 1 aromatic rings. The van der Waals surface area contributed by atoms with E-state index in [1.807, 2.05) is 20.8 Å². The molecule has 2 saturated carbocycles. The molecule has 2 aliphatic heterocycles. The monoisotopic (exact) mass is 523 g/mol. The average molecular weight is 524 g/mol. The second-order valence-corrected chi connectivity index (χ2v) is 12.4. The van der Waals surface area contributed by atoms with Crippen LogP contribution in [0.3, 0.4) is 0 Å². The molecule has 4 aliphatic rings. The molecule has 38 heavy (non-hydrogen) atoms. The summed E-state index contributed by atoms with van der Waals surface area (Å²) in [5.74, 6) is -1.70. The highest BCUT2D eigenvalue weighted by Gasteiger charge is 2.57. The molecule has 10 heteroatoms. The third-order valence-electron chi connectivity index (χ3n) is 8.21. The number of halogens is 1. The Bertz CT molecular complexity index is 1230. The van der Waals surface area contributed by atoms with Crippen LogP contribution in [0.5, 0.6) is 0 Å². The third-order valence-corrected chi connectivity index (χ3v) is 8.21. The van der Waals surface area contributed by atoms with Crippen LogP contribution < -0.4 is 16.0 Å². The number of amides is 4. The maximum atomic E-state index is 14.1. The van der Waals surface area contributed by atoms with Gasteiger partial charge in [-0.05, 0) is 54.4 Å². The zero-order valence-electron chi connectivity index (χ0n) is 22.0. The topological polar surface area (TPSA) is 131 Å². The van der Waals surface area contributed by atoms with Crippen molar-refractivity contribution in [3.05, 3.63) is 29.6 Å². The van der Waals surface area contributed by atoms with Gasteiger partial charge in [-0.2, -0.15) is 5.26 Å². The number of likely N-dealkylation sites (tertiary alicyclic amines) is 1. The van der Waals surface area contributed by atoms with E-state index in [2.05, 4.69) is 22.0 Å². The first-order chi connectivity index (χ1) is 17.9. The van der Waals surface area contributed by atoms with Crippen molar-refractivity contribution in [2.75, 3.05) is 11.9 Å². The molecule has 2 aliphatic carbocycles. The lowest BCUT2D eigenvalue weighted by Crippen LogP contribution is -2.58. The van der Waals surface area contributed by atoms with Crippen LogP contribution in [-0.4, -0.2) is 53.2 Å². The van der Waals surface area contributed by atoms with Crippen LogP contribution in [-0.2, 0) is 24.6 Å². The molecule has 3 N–H and O–H groups in total. The molecular formula is C28H34FN5O4. The number of benzene rings is 1. The van der Waals surface area contributed by atoms with Crippen molar-refractivity contribution in [3.63, 3.8) is 0 Å². The highest BCUT2D eigenvalue weighted by atomic mass is 19.1. The van der Waals surface area contributed by atoms with Crippen molar-refractivity contribution in [1.82, 2.24) is 15.5 Å². The largest absolute Gasteiger partial charge is 0.344 e. The van der Waals surface area contributed by atoms with Crippen molar-refractivity contribution in [2.45, 2.75) is 82.8 Å². The van der Waals surface area contributed by atoms with Gasteiger partial charge < -0.3 is 20.9 Å². The Morgan fingerprint density at radius 3 is 2.53 bits per heavy atom. The second kappa shape index (κ2) is 9.37. The van der Waals surface area contributed by atoms with Crippen LogP contribution >= 0.6 is 0 Å². The summed E-state index contributed by atoms with van der Waals surface area (Å²) in [6.45, 7) is 5.48. The molecule has 1 aromatic carbocycles. The van der Waals surface area contributed by atoms with Crippen LogP contribution in [0.2, 0.25) is 0 Å². The normalized spacial score (nSPS) is 25.8. The Morgan fingerprint density at radius 2 is 1.92 bits per heavy atom. The fraction of sp³-hybridized carbons (Fsp3) is 0.607. The molecule has 0 aromatic heterocycles. The summed E-state index contributed by atoms with van der Waals surface area (Å²) in [7, 11) is 0. The molecule has 1 saturated heterocycles. The van der Waals surface area contributed by atoms with Crippen LogP contribution in [0.1, 0.15) is 64.9 Å². The van der Waals surface area contributed by atoms with Gasteiger partial charge in [0.05, 0.1) is 11.5 Å². The Hall–Kier alpha value is -3.48. The molecule has 1 spiro atoms. The van der Waals surface area contributed by atoms with E-state index in [9.17, 15) is 28.8 Å². The molecule has 3 fully saturated rings. The minimum absolute atomic E-state index is 0.0453. The fourth-order valence-corrected chi connectivity index (χ4v) is 5.64. The van der Waals surface area contributed by atoms with E-state index in [-0.39, 0.29) is 36.6 Å². The second-order valence-electron chi connectivity index (χ2n) is 12.4. The van der Waals surface area contributed by atoms with E-state index in [0.717, 1.165) is 25.7 Å². The van der Waals surface area contributed by atoms with E-state index in [4.69, 9.17) is 0 Å². The zero-order chi connectivity index (χ0) is 27.4. The Labute approximate surface area is 221 Å². The van der Waals surface area contributed by atoms with Crippen LogP contribution in [0, 0.1) is 34.4 Å². The first kappa shape index (κ1) is 26.1. The molecule has 9 nitrogen and oxygen atoms in total. The number of hydrogen-bond donors (Lipinski definition) is 3. The number of fused-ring (bicyclic) bond motifs is 2. The van der Waals surface area contributed by atoms with Gasteiger partial charge in [0.15, 0.2) is 0 Å². The van der Waals surface area contributed by atoms with Gasteiger partial charge in [0, 0.05) is 24.6 Å². The number of nitriles is 1. The summed E-state index contributed by atoms with van der Waals surface area (Å²) in [5.41, 5.74) is -0.904. The van der Waals surface area contributed by atoms with Crippen molar-refractivity contribution in [1.29, 1.82) is 5.26 Å². The summed E-state index contributed by atoms with van der Waals surface area (Å²) in [6.07, 6.45) is 3.96. The zero-order valence-corrected chi connectivity index (χ0v) is 22.0. The number of carbonyl (C=O) groups excluding carboxylic acids is 4. The SMILES string of the molecule is CC(C)(C)[C@H](NC(=O)C1CC1)C(=O)N[C@@H](CC1CC1)C(=O)N1C[C@]2(C[C@H]1C#N)C(=O)Nc1ccc(F)cc12. The van der Waals surface area contributed by atoms with E-state index in [1.54, 1.807) is 0 Å². The predicted octanol–water partition coefficient (Wildman–Crippen LogP) is 2.37. The standard InChI is InChI=1S/C28H34FN5O4/c1-27(2,3)22(33-23(35)16-6-7-16)24(36)31-21(10-15-4-5-15)25(37)34-14-28(12-18(34)13-30)19-11-17(29)8-9-20(19)32-26(28)38/h8-9,11,15-16,18,21-22H,4-7,10,12,14H2,1-3H3,(H,31,36)(H,32,38)(H,33,35)/t18-,21-,22+,28-/m0/s1. The Kier molecular flexibility index (Phi) is 6.44. The van der Waals surface area contributed by atoms with Gasteiger partial charge in [-0.25, -0.2) is 4.39 Å². The number of nitrogens with one attached hydrogen (secondary N) is 3. The van der Waals surface area contributed by atoms with Gasteiger partial charge in [0.2, 0.25) is 23.6 Å². The van der Waals surface area contributed by atoms with Crippen molar-refractivity contribution in [3.8, 4) is 6.07 Å². The van der Waals surface area contributed by atoms with Crippen LogP contribution in [0.4, 0.5) is 10.1 Å². The molecule has 2 heterocycles. The maximum absolute atomic E-state index is 14.1. The molecule has 0 unspecified atom stereocenters. The van der Waals surface area contributed by atoms with Gasteiger partial charge in [0.25, 0.3) is 0 Å². The van der Waals surface area contributed by atoms with Gasteiger partial charge in [0.1, 0.15) is 23.9 Å². The summed E-state index contributed by atoms with van der Waals surface area (Å²) in [5, 5.41) is 18.5.